The smallest absolute Gasteiger partial charge is 0.329 e. The van der Waals surface area contributed by atoms with Crippen LogP contribution in [0.5, 0.6) is 0 Å². The highest BCUT2D eigenvalue weighted by Gasteiger charge is 2.43. The van der Waals surface area contributed by atoms with Crippen LogP contribution in [0.25, 0.3) is 22.5 Å². The summed E-state index contributed by atoms with van der Waals surface area (Å²) in [6.45, 7) is 18.4. The number of aromatic nitrogens is 6. The van der Waals surface area contributed by atoms with E-state index in [2.05, 4.69) is 9.97 Å². The van der Waals surface area contributed by atoms with Gasteiger partial charge in [0.2, 0.25) is 0 Å². The molecular weight excluding hydrogens is 1170 g/mol. The Morgan fingerprint density at radius 2 is 0.685 bits per heavy atom. The van der Waals surface area contributed by atoms with Gasteiger partial charge in [0.15, 0.2) is 24.4 Å². The number of ether oxygens (including phenoxy) is 4. The molecule has 6 aromatic rings. The van der Waals surface area contributed by atoms with Crippen LogP contribution in [0.4, 0.5) is 0 Å². The molecule has 1 aliphatic rings. The Balaban J connectivity index is 1.22. The number of rotatable bonds is 18. The number of benzene rings is 2. The van der Waals surface area contributed by atoms with E-state index in [0.717, 1.165) is 53.2 Å². The molecule has 1 fully saturated rings. The van der Waals surface area contributed by atoms with E-state index in [1.165, 1.54) is 42.0 Å². The summed E-state index contributed by atoms with van der Waals surface area (Å²) in [5, 5.41) is 9.41. The summed E-state index contributed by atoms with van der Waals surface area (Å²) >= 11 is 0. The molecule has 7 rings (SSSR count). The van der Waals surface area contributed by atoms with Gasteiger partial charge in [0.1, 0.15) is 24.2 Å². The van der Waals surface area contributed by atoms with Crippen molar-refractivity contribution in [3.63, 3.8) is 0 Å². The number of hydrogen-bond acceptors (Lipinski definition) is 16. The van der Waals surface area contributed by atoms with E-state index >= 15 is 9.59 Å². The van der Waals surface area contributed by atoms with Gasteiger partial charge in [0.05, 0.1) is 24.5 Å². The summed E-state index contributed by atoms with van der Waals surface area (Å²) in [7, 11) is 5.57. The predicted molar refractivity (Wildman–Crippen MR) is 344 cm³/mol. The maximum Gasteiger partial charge on any atom is 0.329 e. The Hall–Kier alpha value is -9.08. The highest BCUT2D eigenvalue weighted by molar-refractivity contribution is 5.94. The van der Waals surface area contributed by atoms with Gasteiger partial charge in [0, 0.05) is 89.3 Å². The van der Waals surface area contributed by atoms with Crippen LogP contribution in [0.1, 0.15) is 117 Å². The molecule has 8 atom stereocenters. The largest absolute Gasteiger partial charge is 0.451 e. The fraction of sp³-hybridized carbons (Fsp3) is 0.486. The number of pyridine rings is 2. The Kier molecular flexibility index (Phi) is 24.7. The van der Waals surface area contributed by atoms with Crippen molar-refractivity contribution in [2.45, 2.75) is 169 Å². The zero-order chi connectivity index (χ0) is 67.1. The van der Waals surface area contributed by atoms with Gasteiger partial charge in [-0.15, -0.1) is 0 Å². The third-order valence-corrected chi connectivity index (χ3v) is 16.2. The molecule has 92 heavy (non-hydrogen) atoms. The summed E-state index contributed by atoms with van der Waals surface area (Å²) in [6, 6.07) is 20.8. The highest BCUT2D eigenvalue weighted by Crippen LogP contribution is 2.26. The first-order valence-corrected chi connectivity index (χ1v) is 31.6. The molecule has 4 amide bonds. The fourth-order valence-electron chi connectivity index (χ4n) is 11.1. The number of cyclic esters (lactones) is 4. The van der Waals surface area contributed by atoms with E-state index in [0.29, 0.717) is 24.2 Å². The number of hydrogen-bond donors (Lipinski definition) is 0. The third-order valence-electron chi connectivity index (χ3n) is 16.2. The lowest BCUT2D eigenvalue weighted by Crippen LogP contribution is -2.55. The molecule has 0 saturated carbocycles. The van der Waals surface area contributed by atoms with E-state index in [9.17, 15) is 28.8 Å². The number of nitrogens with zero attached hydrogens (tertiary/aromatic N) is 10. The van der Waals surface area contributed by atoms with Crippen molar-refractivity contribution in [3.8, 4) is 22.5 Å². The molecule has 22 nitrogen and oxygen atoms in total. The van der Waals surface area contributed by atoms with E-state index in [4.69, 9.17) is 29.1 Å². The number of esters is 4. The molecule has 5 heterocycles. The maximum absolute atomic E-state index is 15.2. The molecule has 22 heteroatoms. The Labute approximate surface area is 539 Å². The SMILES string of the molecule is CC(C)C[C@H]1C(=O)O[C@H](Cc2ccc(Cn3ccc(-c4cccnc4)n3)cc2)C(=O)N(C)[C@@H](CC(C)C)C(=O)O[C@H](C)C(=O)N(C)[C@@H](CC(C)C)C(=O)O[C@H](Cc2ccc(Cn3ccc(-c4cccnc4)n3)cc2)C(=O)N(C)[C@@H](CC(C)C)C(=O)O[C@H](C)C(=O)N1C. The standard InChI is InChI=1S/C70H90N10O12/c1-43(2)33-57-67(85)89-47(9)63(81)75(11)60(36-46(7)8)70(88)92-62(38-50-21-25-52(26-22-50)42-80-32-28-56(74-80)54-18-16-30-72-40-54)66(84)78(14)58(34-44(3)4)68(86)90-48(10)64(82)76(12)59(35-45(5)6)69(87)91-61(65(83)77(57)13)37-49-19-23-51(24-20-49)41-79-31-27-55(73-79)53-17-15-29-71-39-53/h15-32,39-40,43-48,57-62H,33-38,41-42H2,1-14H3/t47-,48-,57+,58+,59+,60+,61-,62-/m1/s1. The minimum absolute atomic E-state index is 0.0673. The Bertz CT molecular complexity index is 3220. The first-order valence-electron chi connectivity index (χ1n) is 31.6. The fourth-order valence-corrected chi connectivity index (χ4v) is 11.1. The number of carbonyl (C=O) groups excluding carboxylic acids is 8. The second-order valence-corrected chi connectivity index (χ2v) is 25.7. The van der Waals surface area contributed by atoms with Crippen molar-refractivity contribution in [3.05, 3.63) is 144 Å². The van der Waals surface area contributed by atoms with Crippen molar-refractivity contribution in [2.75, 3.05) is 28.2 Å². The summed E-state index contributed by atoms with van der Waals surface area (Å²) in [5.74, 6) is -7.60. The summed E-state index contributed by atoms with van der Waals surface area (Å²) < 4.78 is 28.0. The van der Waals surface area contributed by atoms with Gasteiger partial charge < -0.3 is 38.5 Å². The van der Waals surface area contributed by atoms with Crippen LogP contribution in [-0.2, 0) is 83.2 Å². The van der Waals surface area contributed by atoms with Crippen molar-refractivity contribution >= 4 is 47.5 Å². The first-order chi connectivity index (χ1) is 43.7. The summed E-state index contributed by atoms with van der Waals surface area (Å²) in [5.41, 5.74) is 6.20. The van der Waals surface area contributed by atoms with Gasteiger partial charge in [-0.25, -0.2) is 19.2 Å². The molecular formula is C70H90N10O12. The van der Waals surface area contributed by atoms with Gasteiger partial charge >= 0.3 is 23.9 Å². The van der Waals surface area contributed by atoms with Crippen LogP contribution in [0.3, 0.4) is 0 Å². The quantitative estimate of drug-likeness (QED) is 0.0580. The van der Waals surface area contributed by atoms with Crippen LogP contribution in [0.15, 0.2) is 122 Å². The van der Waals surface area contributed by atoms with Crippen LogP contribution in [0.2, 0.25) is 0 Å². The predicted octanol–water partition coefficient (Wildman–Crippen LogP) is 8.28. The molecule has 0 aliphatic carbocycles. The van der Waals surface area contributed by atoms with Crippen LogP contribution >= 0.6 is 0 Å². The van der Waals surface area contributed by atoms with E-state index in [1.54, 1.807) is 58.4 Å². The molecule has 0 unspecified atom stereocenters. The van der Waals surface area contributed by atoms with E-state index in [1.807, 2.05) is 128 Å². The number of carbonyl (C=O) groups is 8. The zero-order valence-corrected chi connectivity index (χ0v) is 55.5. The van der Waals surface area contributed by atoms with Crippen molar-refractivity contribution in [1.29, 1.82) is 0 Å². The monoisotopic (exact) mass is 1260 g/mol. The molecule has 0 bridgehead atoms. The molecule has 1 saturated heterocycles. The van der Waals surface area contributed by atoms with Gasteiger partial charge in [0.25, 0.3) is 23.6 Å². The number of likely N-dealkylation sites (N-methyl/N-ethyl adjacent to an activating group) is 4. The minimum atomic E-state index is -1.56. The summed E-state index contributed by atoms with van der Waals surface area (Å²) in [4.78, 5) is 132. The lowest BCUT2D eigenvalue weighted by Gasteiger charge is -2.35. The molecule has 4 aromatic heterocycles. The normalized spacial score (nSPS) is 21.7. The Morgan fingerprint density at radius 3 is 0.978 bits per heavy atom. The highest BCUT2D eigenvalue weighted by atomic mass is 16.6. The lowest BCUT2D eigenvalue weighted by molar-refractivity contribution is -0.176. The van der Waals surface area contributed by atoms with Crippen LogP contribution in [0, 0.1) is 23.7 Å². The lowest BCUT2D eigenvalue weighted by atomic mass is 9.99. The molecule has 1 aliphatic heterocycles. The van der Waals surface area contributed by atoms with E-state index < -0.39 is 96.1 Å². The number of amides is 4. The minimum Gasteiger partial charge on any atom is -0.451 e. The second-order valence-electron chi connectivity index (χ2n) is 25.7. The topological polar surface area (TPSA) is 248 Å². The average molecular weight is 1260 g/mol. The molecule has 0 spiro atoms. The van der Waals surface area contributed by atoms with Gasteiger partial charge in [-0.2, -0.15) is 10.2 Å². The Morgan fingerprint density at radius 1 is 0.391 bits per heavy atom. The second kappa shape index (κ2) is 32.3. The zero-order valence-electron chi connectivity index (χ0n) is 55.5. The van der Waals surface area contributed by atoms with Crippen LogP contribution < -0.4 is 0 Å². The van der Waals surface area contributed by atoms with E-state index in [-0.39, 0.29) is 62.2 Å². The molecule has 2 aromatic carbocycles. The van der Waals surface area contributed by atoms with Gasteiger partial charge in [-0.05, 0) is 122 Å². The van der Waals surface area contributed by atoms with Crippen molar-refractivity contribution in [2.24, 2.45) is 23.7 Å². The molecule has 492 valence electrons. The molecule has 0 N–H and O–H groups in total. The third kappa shape index (κ3) is 19.0. The van der Waals surface area contributed by atoms with Crippen LogP contribution in [-0.4, -0.2) is 173 Å². The first kappa shape index (κ1) is 70.4. The molecule has 0 radical (unpaired) electrons. The summed E-state index contributed by atoms with van der Waals surface area (Å²) in [6.07, 6.45) is 4.40. The van der Waals surface area contributed by atoms with Crippen molar-refractivity contribution < 1.29 is 57.3 Å². The van der Waals surface area contributed by atoms with Crippen molar-refractivity contribution in [1.82, 2.24) is 49.1 Å². The average Bonchev–Trinajstić information content (AvgIpc) is 1.20. The van der Waals surface area contributed by atoms with Gasteiger partial charge in [-0.3, -0.25) is 38.5 Å². The van der Waals surface area contributed by atoms with Gasteiger partial charge in [-0.1, -0.05) is 104 Å². The maximum atomic E-state index is 15.2.